The van der Waals surface area contributed by atoms with Crippen LogP contribution in [0.4, 0.5) is 0 Å². The lowest BCUT2D eigenvalue weighted by Gasteiger charge is -2.13. The van der Waals surface area contributed by atoms with Gasteiger partial charge in [-0.2, -0.15) is 0 Å². The fraction of sp³-hybridized carbons (Fsp3) is 0.333. The van der Waals surface area contributed by atoms with Crippen molar-refractivity contribution in [3.05, 3.63) is 40.9 Å². The minimum Gasteiger partial charge on any atom is -0.493 e. The van der Waals surface area contributed by atoms with Crippen LogP contribution in [0.1, 0.15) is 12.0 Å². The zero-order chi connectivity index (χ0) is 19.4. The SMILES string of the molecule is COc1ccc(S(=O)(=O)NCc2cc(Cl)c3c(c2)OCCCO3)cc1OC. The van der Waals surface area contributed by atoms with E-state index in [1.54, 1.807) is 12.1 Å². The maximum atomic E-state index is 12.6. The van der Waals surface area contributed by atoms with Gasteiger partial charge in [-0.05, 0) is 29.8 Å². The molecule has 0 saturated heterocycles. The van der Waals surface area contributed by atoms with Crippen LogP contribution in [0.25, 0.3) is 0 Å². The van der Waals surface area contributed by atoms with Crippen molar-refractivity contribution < 1.29 is 27.4 Å². The van der Waals surface area contributed by atoms with Crippen molar-refractivity contribution in [2.24, 2.45) is 0 Å². The molecule has 2 aromatic carbocycles. The number of ether oxygens (including phenoxy) is 4. The predicted molar refractivity (Wildman–Crippen MR) is 101 cm³/mol. The third-order valence-electron chi connectivity index (χ3n) is 3.99. The summed E-state index contributed by atoms with van der Waals surface area (Å²) in [6.45, 7) is 1.09. The maximum Gasteiger partial charge on any atom is 0.241 e. The van der Waals surface area contributed by atoms with E-state index in [9.17, 15) is 8.42 Å². The Balaban J connectivity index is 1.80. The van der Waals surface area contributed by atoms with Crippen LogP contribution in [0.15, 0.2) is 35.2 Å². The fourth-order valence-electron chi connectivity index (χ4n) is 2.63. The van der Waals surface area contributed by atoms with Gasteiger partial charge in [0.05, 0.1) is 37.4 Å². The molecule has 27 heavy (non-hydrogen) atoms. The number of rotatable bonds is 6. The van der Waals surface area contributed by atoms with Crippen LogP contribution in [0.3, 0.4) is 0 Å². The fourth-order valence-corrected chi connectivity index (χ4v) is 3.95. The summed E-state index contributed by atoms with van der Waals surface area (Å²) in [6.07, 6.45) is 0.756. The summed E-state index contributed by atoms with van der Waals surface area (Å²) in [5.74, 6) is 1.78. The molecule has 0 aromatic heterocycles. The average molecular weight is 414 g/mol. The van der Waals surface area contributed by atoms with Gasteiger partial charge in [-0.15, -0.1) is 0 Å². The van der Waals surface area contributed by atoms with E-state index in [0.717, 1.165) is 6.42 Å². The normalized spacial score (nSPS) is 13.7. The van der Waals surface area contributed by atoms with E-state index in [2.05, 4.69) is 4.72 Å². The van der Waals surface area contributed by atoms with E-state index in [0.29, 0.717) is 46.8 Å². The van der Waals surface area contributed by atoms with Gasteiger partial charge in [-0.1, -0.05) is 11.6 Å². The van der Waals surface area contributed by atoms with Gasteiger partial charge in [0.15, 0.2) is 23.0 Å². The molecule has 0 bridgehead atoms. The second-order valence-corrected chi connectivity index (χ2v) is 7.97. The molecule has 3 rings (SSSR count). The first kappa shape index (κ1) is 19.6. The van der Waals surface area contributed by atoms with E-state index in [4.69, 9.17) is 30.5 Å². The summed E-state index contributed by atoms with van der Waals surface area (Å²) < 4.78 is 49.3. The quantitative estimate of drug-likeness (QED) is 0.783. The maximum absolute atomic E-state index is 12.6. The lowest BCUT2D eigenvalue weighted by Crippen LogP contribution is -2.23. The molecular weight excluding hydrogens is 394 g/mol. The molecule has 2 aromatic rings. The summed E-state index contributed by atoms with van der Waals surface area (Å²) >= 11 is 6.25. The number of hydrogen-bond donors (Lipinski definition) is 1. The zero-order valence-electron chi connectivity index (χ0n) is 15.0. The van der Waals surface area contributed by atoms with Crippen molar-refractivity contribution >= 4 is 21.6 Å². The number of halogens is 1. The van der Waals surface area contributed by atoms with Crippen LogP contribution >= 0.6 is 11.6 Å². The van der Waals surface area contributed by atoms with Crippen molar-refractivity contribution in [2.75, 3.05) is 27.4 Å². The topological polar surface area (TPSA) is 83.1 Å². The van der Waals surface area contributed by atoms with Gasteiger partial charge in [0.25, 0.3) is 0 Å². The van der Waals surface area contributed by atoms with Crippen LogP contribution in [-0.4, -0.2) is 35.9 Å². The number of methoxy groups -OCH3 is 2. The van der Waals surface area contributed by atoms with E-state index < -0.39 is 10.0 Å². The Kier molecular flexibility index (Phi) is 5.98. The van der Waals surface area contributed by atoms with Gasteiger partial charge in [0, 0.05) is 19.0 Å². The lowest BCUT2D eigenvalue weighted by atomic mass is 10.2. The van der Waals surface area contributed by atoms with Gasteiger partial charge >= 0.3 is 0 Å². The molecule has 7 nitrogen and oxygen atoms in total. The molecule has 0 radical (unpaired) electrons. The second kappa shape index (κ2) is 8.24. The van der Waals surface area contributed by atoms with Crippen LogP contribution in [0.5, 0.6) is 23.0 Å². The van der Waals surface area contributed by atoms with Gasteiger partial charge in [-0.3, -0.25) is 0 Å². The lowest BCUT2D eigenvalue weighted by molar-refractivity contribution is 0.297. The molecule has 1 heterocycles. The van der Waals surface area contributed by atoms with Gasteiger partial charge < -0.3 is 18.9 Å². The van der Waals surface area contributed by atoms with Crippen molar-refractivity contribution in [3.63, 3.8) is 0 Å². The van der Waals surface area contributed by atoms with Gasteiger partial charge in [0.2, 0.25) is 10.0 Å². The molecule has 1 aliphatic rings. The third kappa shape index (κ3) is 4.40. The molecule has 146 valence electrons. The number of nitrogens with one attached hydrogen (secondary N) is 1. The van der Waals surface area contributed by atoms with E-state index in [1.807, 2.05) is 0 Å². The van der Waals surface area contributed by atoms with E-state index in [1.165, 1.54) is 32.4 Å². The Labute approximate surface area is 163 Å². The minimum absolute atomic E-state index is 0.0486. The summed E-state index contributed by atoms with van der Waals surface area (Å²) in [4.78, 5) is 0.0700. The first-order valence-corrected chi connectivity index (χ1v) is 10.1. The van der Waals surface area contributed by atoms with Gasteiger partial charge in [0.1, 0.15) is 0 Å². The number of sulfonamides is 1. The highest BCUT2D eigenvalue weighted by Crippen LogP contribution is 2.38. The Bertz CT molecular complexity index is 932. The summed E-state index contributed by atoms with van der Waals surface area (Å²) in [5, 5.41) is 0.384. The van der Waals surface area contributed by atoms with Crippen LogP contribution in [0.2, 0.25) is 5.02 Å². The van der Waals surface area contributed by atoms with Crippen LogP contribution < -0.4 is 23.7 Å². The van der Waals surface area contributed by atoms with Crippen molar-refractivity contribution in [1.82, 2.24) is 4.72 Å². The predicted octanol–water partition coefficient (Wildman–Crippen LogP) is 3.00. The zero-order valence-corrected chi connectivity index (χ0v) is 16.5. The molecule has 1 N–H and O–H groups in total. The van der Waals surface area contributed by atoms with Crippen LogP contribution in [0, 0.1) is 0 Å². The molecule has 0 aliphatic carbocycles. The molecule has 1 aliphatic heterocycles. The molecule has 0 unspecified atom stereocenters. The van der Waals surface area contributed by atoms with Crippen molar-refractivity contribution in [3.8, 4) is 23.0 Å². The molecule has 0 atom stereocenters. The first-order chi connectivity index (χ1) is 12.9. The summed E-state index contributed by atoms with van der Waals surface area (Å²) in [5.41, 5.74) is 0.660. The standard InChI is InChI=1S/C18H20ClNO6S/c1-23-15-5-4-13(10-16(15)24-2)27(21,22)20-11-12-8-14(19)18-17(9-12)25-6-3-7-26-18/h4-5,8-10,20H,3,6-7,11H2,1-2H3. The van der Waals surface area contributed by atoms with Crippen LogP contribution in [-0.2, 0) is 16.6 Å². The van der Waals surface area contributed by atoms with Crippen molar-refractivity contribution in [1.29, 1.82) is 0 Å². The first-order valence-electron chi connectivity index (χ1n) is 8.24. The second-order valence-electron chi connectivity index (χ2n) is 5.80. The molecule has 0 saturated carbocycles. The van der Waals surface area contributed by atoms with Gasteiger partial charge in [-0.25, -0.2) is 13.1 Å². The molecule has 9 heteroatoms. The Morgan fingerprint density at radius 1 is 1.07 bits per heavy atom. The number of fused-ring (bicyclic) bond motifs is 1. The molecular formula is C18H20ClNO6S. The third-order valence-corrected chi connectivity index (χ3v) is 5.67. The molecule has 0 fully saturated rings. The Morgan fingerprint density at radius 3 is 2.56 bits per heavy atom. The van der Waals surface area contributed by atoms with Crippen molar-refractivity contribution in [2.45, 2.75) is 17.9 Å². The average Bonchev–Trinajstić information content (AvgIpc) is 2.91. The largest absolute Gasteiger partial charge is 0.493 e. The minimum atomic E-state index is -3.76. The molecule has 0 amide bonds. The Morgan fingerprint density at radius 2 is 1.81 bits per heavy atom. The Hall–Kier alpha value is -2.16. The number of benzene rings is 2. The highest BCUT2D eigenvalue weighted by Gasteiger charge is 2.19. The number of hydrogen-bond acceptors (Lipinski definition) is 6. The summed E-state index contributed by atoms with van der Waals surface area (Å²) in [7, 11) is -0.828. The smallest absolute Gasteiger partial charge is 0.241 e. The van der Waals surface area contributed by atoms with E-state index in [-0.39, 0.29) is 11.4 Å². The highest BCUT2D eigenvalue weighted by molar-refractivity contribution is 7.89. The monoisotopic (exact) mass is 413 g/mol. The summed E-state index contributed by atoms with van der Waals surface area (Å²) in [6, 6.07) is 7.78. The molecule has 0 spiro atoms. The van der Waals surface area contributed by atoms with E-state index >= 15 is 0 Å². The highest BCUT2D eigenvalue weighted by atomic mass is 35.5.